The highest BCUT2D eigenvalue weighted by Gasteiger charge is 2.38. The van der Waals surface area contributed by atoms with E-state index in [-0.39, 0.29) is 5.88 Å². The van der Waals surface area contributed by atoms with Crippen molar-refractivity contribution in [3.05, 3.63) is 47.7 Å². The lowest BCUT2D eigenvalue weighted by Gasteiger charge is -2.17. The van der Waals surface area contributed by atoms with Crippen molar-refractivity contribution in [3.8, 4) is 17.0 Å². The highest BCUT2D eigenvalue weighted by atomic mass is 19.4. The largest absolute Gasteiger partial charge is 0.481 e. The van der Waals surface area contributed by atoms with Crippen molar-refractivity contribution in [2.45, 2.75) is 12.4 Å². The number of rotatable bonds is 2. The van der Waals surface area contributed by atoms with Crippen molar-refractivity contribution < 1.29 is 31.1 Å². The van der Waals surface area contributed by atoms with Crippen molar-refractivity contribution in [1.29, 1.82) is 0 Å². The third-order valence-corrected chi connectivity index (χ3v) is 2.92. The van der Waals surface area contributed by atoms with Gasteiger partial charge in [-0.1, -0.05) is 18.2 Å². The predicted molar refractivity (Wildman–Crippen MR) is 66.2 cm³/mol. The number of alkyl halides is 6. The normalized spacial score (nSPS) is 12.3. The van der Waals surface area contributed by atoms with E-state index in [9.17, 15) is 26.3 Å². The number of benzene rings is 1. The van der Waals surface area contributed by atoms with Crippen LogP contribution in [0.1, 0.15) is 11.1 Å². The number of hydrogen-bond acceptors (Lipinski definition) is 2. The predicted octanol–water partition coefficient (Wildman–Crippen LogP) is 4.79. The molecule has 1 aromatic carbocycles. The van der Waals surface area contributed by atoms with Gasteiger partial charge in [0, 0.05) is 17.8 Å². The van der Waals surface area contributed by atoms with E-state index in [1.807, 2.05) is 0 Å². The van der Waals surface area contributed by atoms with Crippen LogP contribution >= 0.6 is 0 Å². The SMILES string of the molecule is COc1cc(-c2ccccc2C(F)(F)F)c(C(F)(F)F)cn1. The summed E-state index contributed by atoms with van der Waals surface area (Å²) in [7, 11) is 1.16. The van der Waals surface area contributed by atoms with Crippen LogP contribution in [0.3, 0.4) is 0 Å². The Bertz CT molecular complexity index is 678. The first-order chi connectivity index (χ1) is 10.1. The molecule has 0 fully saturated rings. The molecule has 8 heteroatoms. The second-order valence-electron chi connectivity index (χ2n) is 4.31. The molecule has 0 spiro atoms. The Hall–Kier alpha value is -2.25. The molecule has 0 unspecified atom stereocenters. The number of aromatic nitrogens is 1. The van der Waals surface area contributed by atoms with Crippen LogP contribution in [0.4, 0.5) is 26.3 Å². The van der Waals surface area contributed by atoms with Gasteiger partial charge < -0.3 is 4.74 Å². The summed E-state index contributed by atoms with van der Waals surface area (Å²) in [5.41, 5.74) is -3.63. The second kappa shape index (κ2) is 5.51. The lowest BCUT2D eigenvalue weighted by molar-refractivity contribution is -0.139. The van der Waals surface area contributed by atoms with Gasteiger partial charge in [0.1, 0.15) is 0 Å². The number of pyridine rings is 1. The van der Waals surface area contributed by atoms with Gasteiger partial charge >= 0.3 is 12.4 Å². The third-order valence-electron chi connectivity index (χ3n) is 2.92. The average Bonchev–Trinajstić information content (AvgIpc) is 2.44. The molecule has 0 amide bonds. The molecule has 0 aliphatic rings. The van der Waals surface area contributed by atoms with E-state index in [1.54, 1.807) is 0 Å². The molecule has 2 rings (SSSR count). The molecule has 2 aromatic rings. The van der Waals surface area contributed by atoms with Gasteiger partial charge in [-0.3, -0.25) is 0 Å². The van der Waals surface area contributed by atoms with Gasteiger partial charge in [-0.05, 0) is 11.6 Å². The smallest absolute Gasteiger partial charge is 0.418 e. The molecule has 2 nitrogen and oxygen atoms in total. The molecular weight excluding hydrogens is 312 g/mol. The maximum atomic E-state index is 13.0. The minimum atomic E-state index is -4.84. The Morgan fingerprint density at radius 3 is 2.00 bits per heavy atom. The van der Waals surface area contributed by atoms with Crippen LogP contribution in [0.25, 0.3) is 11.1 Å². The molecule has 1 heterocycles. The lowest BCUT2D eigenvalue weighted by Crippen LogP contribution is -2.12. The van der Waals surface area contributed by atoms with Gasteiger partial charge in [0.2, 0.25) is 5.88 Å². The highest BCUT2D eigenvalue weighted by molar-refractivity contribution is 5.72. The van der Waals surface area contributed by atoms with Crippen LogP contribution in [0.15, 0.2) is 36.5 Å². The third kappa shape index (κ3) is 3.15. The fourth-order valence-electron chi connectivity index (χ4n) is 1.96. The zero-order chi connectivity index (χ0) is 16.5. The minimum absolute atomic E-state index is 0.208. The van der Waals surface area contributed by atoms with Gasteiger partial charge in [-0.25, -0.2) is 4.98 Å². The Balaban J connectivity index is 2.77. The summed E-state index contributed by atoms with van der Waals surface area (Å²) in [6, 6.07) is 4.89. The molecule has 118 valence electrons. The van der Waals surface area contributed by atoms with Crippen LogP contribution in [0.5, 0.6) is 5.88 Å². The van der Waals surface area contributed by atoms with E-state index in [1.165, 1.54) is 6.07 Å². The Labute approximate surface area is 121 Å². The topological polar surface area (TPSA) is 22.1 Å². The molecule has 0 N–H and O–H groups in total. The fraction of sp³-hybridized carbons (Fsp3) is 0.214. The van der Waals surface area contributed by atoms with Crippen molar-refractivity contribution in [1.82, 2.24) is 4.98 Å². The Morgan fingerprint density at radius 2 is 1.45 bits per heavy atom. The summed E-state index contributed by atoms with van der Waals surface area (Å²) >= 11 is 0. The highest BCUT2D eigenvalue weighted by Crippen LogP contribution is 2.42. The van der Waals surface area contributed by atoms with E-state index in [0.717, 1.165) is 31.4 Å². The zero-order valence-electron chi connectivity index (χ0n) is 11.1. The van der Waals surface area contributed by atoms with Crippen LogP contribution in [-0.4, -0.2) is 12.1 Å². The first-order valence-electron chi connectivity index (χ1n) is 5.92. The van der Waals surface area contributed by atoms with Gasteiger partial charge in [0.25, 0.3) is 0 Å². The van der Waals surface area contributed by atoms with E-state index < -0.39 is 34.6 Å². The summed E-state index contributed by atoms with van der Waals surface area (Å²) < 4.78 is 82.9. The Morgan fingerprint density at radius 1 is 0.864 bits per heavy atom. The Kier molecular flexibility index (Phi) is 4.04. The van der Waals surface area contributed by atoms with Gasteiger partial charge in [-0.15, -0.1) is 0 Å². The van der Waals surface area contributed by atoms with E-state index in [2.05, 4.69) is 4.98 Å². The van der Waals surface area contributed by atoms with E-state index in [4.69, 9.17) is 4.74 Å². The van der Waals surface area contributed by atoms with Crippen LogP contribution < -0.4 is 4.74 Å². The summed E-state index contributed by atoms with van der Waals surface area (Å²) in [4.78, 5) is 3.42. The quantitative estimate of drug-likeness (QED) is 0.742. The van der Waals surface area contributed by atoms with Gasteiger partial charge in [0.15, 0.2) is 0 Å². The molecule has 0 atom stereocenters. The van der Waals surface area contributed by atoms with Gasteiger partial charge in [-0.2, -0.15) is 26.3 Å². The summed E-state index contributed by atoms with van der Waals surface area (Å²) in [6.45, 7) is 0. The molecule has 0 saturated heterocycles. The molecule has 0 saturated carbocycles. The first-order valence-corrected chi connectivity index (χ1v) is 5.92. The summed E-state index contributed by atoms with van der Waals surface area (Å²) in [5.74, 6) is -0.208. The lowest BCUT2D eigenvalue weighted by atomic mass is 9.96. The molecule has 0 radical (unpaired) electrons. The fourth-order valence-corrected chi connectivity index (χ4v) is 1.96. The number of nitrogens with zero attached hydrogens (tertiary/aromatic N) is 1. The molecule has 0 bridgehead atoms. The van der Waals surface area contributed by atoms with Crippen molar-refractivity contribution in [3.63, 3.8) is 0 Å². The molecule has 22 heavy (non-hydrogen) atoms. The maximum Gasteiger partial charge on any atom is 0.418 e. The van der Waals surface area contributed by atoms with Crippen LogP contribution in [-0.2, 0) is 12.4 Å². The first kappa shape index (κ1) is 16.1. The maximum absolute atomic E-state index is 13.0. The number of hydrogen-bond donors (Lipinski definition) is 0. The molecule has 1 aromatic heterocycles. The summed E-state index contributed by atoms with van der Waals surface area (Å²) in [5, 5.41) is 0. The number of methoxy groups -OCH3 is 1. The molecule has 0 aliphatic heterocycles. The molecule has 0 aliphatic carbocycles. The second-order valence-corrected chi connectivity index (χ2v) is 4.31. The summed E-state index contributed by atoms with van der Waals surface area (Å²) in [6.07, 6.45) is -9.16. The van der Waals surface area contributed by atoms with Crippen molar-refractivity contribution in [2.75, 3.05) is 7.11 Å². The zero-order valence-corrected chi connectivity index (χ0v) is 11.1. The number of ether oxygens (including phenoxy) is 1. The van der Waals surface area contributed by atoms with E-state index >= 15 is 0 Å². The van der Waals surface area contributed by atoms with Gasteiger partial charge in [0.05, 0.1) is 18.2 Å². The van der Waals surface area contributed by atoms with E-state index in [0.29, 0.717) is 6.20 Å². The van der Waals surface area contributed by atoms with Crippen LogP contribution in [0.2, 0.25) is 0 Å². The van der Waals surface area contributed by atoms with Crippen molar-refractivity contribution in [2.24, 2.45) is 0 Å². The monoisotopic (exact) mass is 321 g/mol. The standard InChI is InChI=1S/C14H9F6NO/c1-22-12-6-9(11(7-21-12)14(18,19)20)8-4-2-3-5-10(8)13(15,16)17/h2-7H,1H3. The molecular formula is C14H9F6NO. The van der Waals surface area contributed by atoms with Crippen molar-refractivity contribution >= 4 is 0 Å². The van der Waals surface area contributed by atoms with Crippen LogP contribution in [0, 0.1) is 0 Å². The average molecular weight is 321 g/mol. The minimum Gasteiger partial charge on any atom is -0.481 e. The number of halogens is 6.